The first-order valence-corrected chi connectivity index (χ1v) is 7.61. The number of rotatable bonds is 9. The van der Waals surface area contributed by atoms with Crippen LogP contribution in [0.25, 0.3) is 0 Å². The summed E-state index contributed by atoms with van der Waals surface area (Å²) in [6.07, 6.45) is 0.227. The maximum Gasteiger partial charge on any atom is 0.320 e. The number of carbonyl (C=O) groups is 2. The van der Waals surface area contributed by atoms with Gasteiger partial charge in [0.05, 0.1) is 19.8 Å². The van der Waals surface area contributed by atoms with Crippen LogP contribution in [0.2, 0.25) is 5.02 Å². The van der Waals surface area contributed by atoms with Crippen LogP contribution in [0.1, 0.15) is 25.8 Å². The van der Waals surface area contributed by atoms with Crippen molar-refractivity contribution in [1.29, 1.82) is 0 Å². The number of carbonyl (C=O) groups excluding carboxylic acids is 2. The lowest BCUT2D eigenvalue weighted by molar-refractivity contribution is -0.162. The van der Waals surface area contributed by atoms with Gasteiger partial charge in [0.1, 0.15) is 0 Å². The molecular weight excluding hydrogens is 308 g/mol. The molecule has 1 aromatic rings. The van der Waals surface area contributed by atoms with Gasteiger partial charge < -0.3 is 14.2 Å². The van der Waals surface area contributed by atoms with E-state index in [0.29, 0.717) is 11.6 Å². The van der Waals surface area contributed by atoms with Gasteiger partial charge in [-0.2, -0.15) is 0 Å². The quantitative estimate of drug-likeness (QED) is 0.396. The van der Waals surface area contributed by atoms with E-state index in [1.165, 1.54) is 0 Å². The summed E-state index contributed by atoms with van der Waals surface area (Å²) in [6, 6.07) is 7.27. The minimum Gasteiger partial charge on any atom is -0.465 e. The first-order chi connectivity index (χ1) is 10.6. The van der Waals surface area contributed by atoms with E-state index in [1.807, 2.05) is 12.1 Å². The van der Waals surface area contributed by atoms with Gasteiger partial charge in [0.15, 0.2) is 5.92 Å². The molecule has 22 heavy (non-hydrogen) atoms. The van der Waals surface area contributed by atoms with Gasteiger partial charge >= 0.3 is 11.9 Å². The van der Waals surface area contributed by atoms with Crippen molar-refractivity contribution >= 4 is 23.5 Å². The highest BCUT2D eigenvalue weighted by Gasteiger charge is 2.29. The summed E-state index contributed by atoms with van der Waals surface area (Å²) in [4.78, 5) is 23.5. The van der Waals surface area contributed by atoms with E-state index in [2.05, 4.69) is 0 Å². The van der Waals surface area contributed by atoms with Gasteiger partial charge in [0.25, 0.3) is 0 Å². The van der Waals surface area contributed by atoms with E-state index in [-0.39, 0.29) is 26.2 Å². The average Bonchev–Trinajstić information content (AvgIpc) is 2.49. The second-order valence-corrected chi connectivity index (χ2v) is 4.96. The van der Waals surface area contributed by atoms with Crippen LogP contribution >= 0.6 is 11.6 Å². The third-order valence-electron chi connectivity index (χ3n) is 2.88. The van der Waals surface area contributed by atoms with E-state index in [9.17, 15) is 9.59 Å². The summed E-state index contributed by atoms with van der Waals surface area (Å²) in [5, 5.41) is 0.661. The van der Waals surface area contributed by atoms with Gasteiger partial charge in [-0.15, -0.1) is 0 Å². The van der Waals surface area contributed by atoms with E-state index < -0.39 is 17.9 Å². The molecule has 0 atom stereocenters. The maximum atomic E-state index is 11.8. The molecule has 6 heteroatoms. The van der Waals surface area contributed by atoms with E-state index in [0.717, 1.165) is 5.56 Å². The molecule has 5 nitrogen and oxygen atoms in total. The Morgan fingerprint density at radius 2 is 1.59 bits per heavy atom. The fraction of sp³-hybridized carbons (Fsp3) is 0.500. The Labute approximate surface area is 135 Å². The minimum atomic E-state index is -0.940. The average molecular weight is 329 g/mol. The predicted octanol–water partition coefficient (Wildman–Crippen LogP) is 2.99. The molecule has 0 unspecified atom stereocenters. The van der Waals surface area contributed by atoms with E-state index in [4.69, 9.17) is 25.8 Å². The lowest BCUT2D eigenvalue weighted by Gasteiger charge is -2.14. The van der Waals surface area contributed by atoms with Crippen molar-refractivity contribution in [3.8, 4) is 0 Å². The van der Waals surface area contributed by atoms with Crippen LogP contribution in [-0.2, 0) is 30.4 Å². The highest BCUT2D eigenvalue weighted by molar-refractivity contribution is 6.30. The third-order valence-corrected chi connectivity index (χ3v) is 3.13. The maximum absolute atomic E-state index is 11.8. The zero-order valence-electron chi connectivity index (χ0n) is 12.8. The fourth-order valence-electron chi connectivity index (χ4n) is 1.79. The highest BCUT2D eigenvalue weighted by Crippen LogP contribution is 2.12. The van der Waals surface area contributed by atoms with Crippen LogP contribution in [0.5, 0.6) is 0 Å². The number of hydrogen-bond acceptors (Lipinski definition) is 5. The van der Waals surface area contributed by atoms with Gasteiger partial charge in [0, 0.05) is 11.6 Å². The van der Waals surface area contributed by atoms with E-state index >= 15 is 0 Å². The molecule has 0 radical (unpaired) electrons. The monoisotopic (exact) mass is 328 g/mol. The fourth-order valence-corrected chi connectivity index (χ4v) is 1.92. The van der Waals surface area contributed by atoms with Crippen LogP contribution in [0.3, 0.4) is 0 Å². The zero-order valence-corrected chi connectivity index (χ0v) is 13.6. The summed E-state index contributed by atoms with van der Waals surface area (Å²) >= 11 is 5.80. The molecule has 0 aromatic heterocycles. The molecule has 0 saturated heterocycles. The van der Waals surface area contributed by atoms with Crippen molar-refractivity contribution in [3.63, 3.8) is 0 Å². The van der Waals surface area contributed by atoms with Crippen molar-refractivity contribution in [2.45, 2.75) is 26.9 Å². The molecule has 0 aliphatic rings. The van der Waals surface area contributed by atoms with Crippen molar-refractivity contribution in [2.75, 3.05) is 19.8 Å². The molecule has 0 N–H and O–H groups in total. The molecule has 0 fully saturated rings. The predicted molar refractivity (Wildman–Crippen MR) is 82.5 cm³/mol. The van der Waals surface area contributed by atoms with Crippen LogP contribution < -0.4 is 0 Å². The number of benzene rings is 1. The van der Waals surface area contributed by atoms with Crippen LogP contribution in [0.4, 0.5) is 0 Å². The Morgan fingerprint density at radius 3 is 2.09 bits per heavy atom. The molecule has 0 aliphatic carbocycles. The van der Waals surface area contributed by atoms with E-state index in [1.54, 1.807) is 26.0 Å². The smallest absolute Gasteiger partial charge is 0.320 e. The number of halogens is 1. The lowest BCUT2D eigenvalue weighted by atomic mass is 10.1. The molecule has 0 heterocycles. The van der Waals surface area contributed by atoms with Crippen molar-refractivity contribution in [2.24, 2.45) is 5.92 Å². The summed E-state index contributed by atoms with van der Waals surface area (Å²) in [6.45, 7) is 4.47. The second-order valence-electron chi connectivity index (χ2n) is 4.52. The molecule has 0 amide bonds. The molecule has 1 aromatic carbocycles. The SMILES string of the molecule is CCOC(=O)C(CCOCc1ccc(Cl)cc1)C(=O)OCC. The lowest BCUT2D eigenvalue weighted by Crippen LogP contribution is -2.29. The number of esters is 2. The van der Waals surface area contributed by atoms with Gasteiger partial charge in [-0.25, -0.2) is 0 Å². The van der Waals surface area contributed by atoms with Crippen molar-refractivity contribution < 1.29 is 23.8 Å². The Bertz CT molecular complexity index is 454. The normalized spacial score (nSPS) is 10.5. The van der Waals surface area contributed by atoms with Crippen LogP contribution in [0.15, 0.2) is 24.3 Å². The van der Waals surface area contributed by atoms with Crippen LogP contribution in [0, 0.1) is 5.92 Å². The zero-order chi connectivity index (χ0) is 16.4. The van der Waals surface area contributed by atoms with Gasteiger partial charge in [0.2, 0.25) is 0 Å². The minimum absolute atomic E-state index is 0.223. The Balaban J connectivity index is 2.43. The molecule has 1 rings (SSSR count). The molecule has 0 saturated carbocycles. The van der Waals surface area contributed by atoms with Gasteiger partial charge in [-0.05, 0) is 38.0 Å². The molecular formula is C16H21ClO5. The second kappa shape index (κ2) is 10.2. The molecule has 0 spiro atoms. The number of hydrogen-bond donors (Lipinski definition) is 0. The molecule has 0 bridgehead atoms. The largest absolute Gasteiger partial charge is 0.465 e. The van der Waals surface area contributed by atoms with Crippen molar-refractivity contribution in [3.05, 3.63) is 34.9 Å². The third kappa shape index (κ3) is 6.45. The standard InChI is InChI=1S/C16H21ClO5/c1-3-21-15(18)14(16(19)22-4-2)9-10-20-11-12-5-7-13(17)8-6-12/h5-8,14H,3-4,9-11H2,1-2H3. The van der Waals surface area contributed by atoms with Crippen LogP contribution in [-0.4, -0.2) is 31.8 Å². The van der Waals surface area contributed by atoms with Gasteiger partial charge in [-0.1, -0.05) is 23.7 Å². The Kier molecular flexibility index (Phi) is 8.55. The summed E-state index contributed by atoms with van der Waals surface area (Å²) in [5.74, 6) is -2.09. The Hall–Kier alpha value is -1.59. The first kappa shape index (κ1) is 18.5. The Morgan fingerprint density at radius 1 is 1.05 bits per heavy atom. The summed E-state index contributed by atoms with van der Waals surface area (Å²) < 4.78 is 15.3. The number of ether oxygens (including phenoxy) is 3. The molecule has 122 valence electrons. The molecule has 0 aliphatic heterocycles. The summed E-state index contributed by atoms with van der Waals surface area (Å²) in [7, 11) is 0. The highest BCUT2D eigenvalue weighted by atomic mass is 35.5. The van der Waals surface area contributed by atoms with Crippen molar-refractivity contribution in [1.82, 2.24) is 0 Å². The topological polar surface area (TPSA) is 61.8 Å². The first-order valence-electron chi connectivity index (χ1n) is 7.23. The summed E-state index contributed by atoms with van der Waals surface area (Å²) in [5.41, 5.74) is 0.966. The van der Waals surface area contributed by atoms with Gasteiger partial charge in [-0.3, -0.25) is 9.59 Å².